The molecule has 0 fully saturated rings. The molecule has 3 rings (SSSR count). The van der Waals surface area contributed by atoms with Crippen LogP contribution in [-0.2, 0) is 4.79 Å². The van der Waals surface area contributed by atoms with Crippen molar-refractivity contribution in [1.82, 2.24) is 10.2 Å². The molecule has 4 nitrogen and oxygen atoms in total. The number of anilines is 1. The maximum Gasteiger partial charge on any atom is 0.228 e. The Morgan fingerprint density at radius 3 is 2.65 bits per heavy atom. The highest BCUT2D eigenvalue weighted by Crippen LogP contribution is 2.29. The molecule has 1 amide bonds. The minimum Gasteiger partial charge on any atom is -0.308 e. The molecule has 0 unspecified atom stereocenters. The molecule has 0 spiro atoms. The topological polar surface area (TPSA) is 57.8 Å². The van der Waals surface area contributed by atoms with Gasteiger partial charge >= 0.3 is 0 Å². The van der Waals surface area contributed by atoms with E-state index in [1.165, 1.54) is 16.7 Å². The first kappa shape index (κ1) is 15.3. The molecule has 2 N–H and O–H groups in total. The summed E-state index contributed by atoms with van der Waals surface area (Å²) in [6, 6.07) is 12.6. The smallest absolute Gasteiger partial charge is 0.228 e. The summed E-state index contributed by atoms with van der Waals surface area (Å²) >= 11 is 0. The second-order valence-electron chi connectivity index (χ2n) is 6.29. The SMILES string of the molecule is Cc1ccc(C)c(-c2ccc3c(NC(=O)C(C)C)n[nH]c3c2)c1. The number of amides is 1. The zero-order valence-corrected chi connectivity index (χ0v) is 13.9. The lowest BCUT2D eigenvalue weighted by Crippen LogP contribution is -2.18. The maximum atomic E-state index is 11.9. The molecule has 1 aromatic heterocycles. The van der Waals surface area contributed by atoms with Crippen molar-refractivity contribution < 1.29 is 4.79 Å². The van der Waals surface area contributed by atoms with Gasteiger partial charge in [0.25, 0.3) is 0 Å². The van der Waals surface area contributed by atoms with Gasteiger partial charge in [-0.2, -0.15) is 5.10 Å². The number of fused-ring (bicyclic) bond motifs is 1. The van der Waals surface area contributed by atoms with Crippen molar-refractivity contribution in [1.29, 1.82) is 0 Å². The first-order valence-electron chi connectivity index (χ1n) is 7.82. The molecule has 0 saturated carbocycles. The summed E-state index contributed by atoms with van der Waals surface area (Å²) in [4.78, 5) is 11.9. The number of nitrogens with zero attached hydrogens (tertiary/aromatic N) is 1. The van der Waals surface area contributed by atoms with Gasteiger partial charge in [-0.1, -0.05) is 43.7 Å². The first-order valence-corrected chi connectivity index (χ1v) is 7.82. The van der Waals surface area contributed by atoms with Gasteiger partial charge in [-0.25, -0.2) is 0 Å². The van der Waals surface area contributed by atoms with E-state index in [2.05, 4.69) is 59.7 Å². The summed E-state index contributed by atoms with van der Waals surface area (Å²) in [5, 5.41) is 11.0. The largest absolute Gasteiger partial charge is 0.308 e. The third-order valence-corrected chi connectivity index (χ3v) is 4.03. The predicted molar refractivity (Wildman–Crippen MR) is 94.5 cm³/mol. The fourth-order valence-electron chi connectivity index (χ4n) is 2.59. The highest BCUT2D eigenvalue weighted by Gasteiger charge is 2.13. The maximum absolute atomic E-state index is 11.9. The number of aromatic nitrogens is 2. The van der Waals surface area contributed by atoms with E-state index in [1.807, 2.05) is 19.9 Å². The zero-order chi connectivity index (χ0) is 16.6. The number of hydrogen-bond acceptors (Lipinski definition) is 2. The molecule has 4 heteroatoms. The van der Waals surface area contributed by atoms with E-state index in [4.69, 9.17) is 0 Å². The molecule has 23 heavy (non-hydrogen) atoms. The van der Waals surface area contributed by atoms with Gasteiger partial charge in [0.05, 0.1) is 5.52 Å². The van der Waals surface area contributed by atoms with Gasteiger partial charge in [0.2, 0.25) is 5.91 Å². The Bertz CT molecular complexity index is 877. The Morgan fingerprint density at radius 1 is 1.13 bits per heavy atom. The van der Waals surface area contributed by atoms with Crippen molar-refractivity contribution in [2.75, 3.05) is 5.32 Å². The fourth-order valence-corrected chi connectivity index (χ4v) is 2.59. The van der Waals surface area contributed by atoms with E-state index in [0.717, 1.165) is 16.5 Å². The van der Waals surface area contributed by atoms with Gasteiger partial charge in [-0.3, -0.25) is 9.89 Å². The summed E-state index contributed by atoms with van der Waals surface area (Å²) in [7, 11) is 0. The Kier molecular flexibility index (Phi) is 3.90. The third kappa shape index (κ3) is 2.97. The van der Waals surface area contributed by atoms with Crippen molar-refractivity contribution in [3.05, 3.63) is 47.5 Å². The summed E-state index contributed by atoms with van der Waals surface area (Å²) in [6.45, 7) is 7.93. The lowest BCUT2D eigenvalue weighted by molar-refractivity contribution is -0.118. The third-order valence-electron chi connectivity index (χ3n) is 4.03. The van der Waals surface area contributed by atoms with E-state index in [0.29, 0.717) is 5.82 Å². The summed E-state index contributed by atoms with van der Waals surface area (Å²) in [5.41, 5.74) is 5.75. The lowest BCUT2D eigenvalue weighted by Gasteiger charge is -2.08. The van der Waals surface area contributed by atoms with Gasteiger partial charge in [-0.15, -0.1) is 0 Å². The van der Waals surface area contributed by atoms with Crippen LogP contribution in [0.15, 0.2) is 36.4 Å². The lowest BCUT2D eigenvalue weighted by atomic mass is 9.98. The van der Waals surface area contributed by atoms with Crippen molar-refractivity contribution in [2.24, 2.45) is 5.92 Å². The first-order chi connectivity index (χ1) is 11.0. The van der Waals surface area contributed by atoms with Crippen LogP contribution in [0.2, 0.25) is 0 Å². The molecule has 0 atom stereocenters. The molecule has 0 radical (unpaired) electrons. The number of hydrogen-bond donors (Lipinski definition) is 2. The average Bonchev–Trinajstić information content (AvgIpc) is 2.92. The van der Waals surface area contributed by atoms with E-state index in [-0.39, 0.29) is 11.8 Å². The van der Waals surface area contributed by atoms with Gasteiger partial charge in [0, 0.05) is 11.3 Å². The molecule has 118 valence electrons. The Balaban J connectivity index is 2.01. The van der Waals surface area contributed by atoms with Gasteiger partial charge in [0.15, 0.2) is 5.82 Å². The molecule has 0 aliphatic carbocycles. The molecule has 0 aliphatic heterocycles. The zero-order valence-electron chi connectivity index (χ0n) is 13.9. The van der Waals surface area contributed by atoms with Crippen molar-refractivity contribution in [3.63, 3.8) is 0 Å². The molecule has 2 aromatic carbocycles. The Morgan fingerprint density at radius 2 is 1.91 bits per heavy atom. The van der Waals surface area contributed by atoms with Crippen LogP contribution in [0, 0.1) is 19.8 Å². The van der Waals surface area contributed by atoms with Gasteiger partial charge < -0.3 is 5.32 Å². The number of benzene rings is 2. The number of aryl methyl sites for hydroxylation is 2. The molecule has 0 saturated heterocycles. The number of H-pyrrole nitrogens is 1. The van der Waals surface area contributed by atoms with Crippen LogP contribution in [0.25, 0.3) is 22.0 Å². The van der Waals surface area contributed by atoms with E-state index in [9.17, 15) is 4.79 Å². The van der Waals surface area contributed by atoms with E-state index in [1.54, 1.807) is 0 Å². The normalized spacial score (nSPS) is 11.2. The van der Waals surface area contributed by atoms with Gasteiger partial charge in [-0.05, 0) is 42.7 Å². The molecule has 1 heterocycles. The van der Waals surface area contributed by atoms with Crippen LogP contribution in [-0.4, -0.2) is 16.1 Å². The van der Waals surface area contributed by atoms with Crippen LogP contribution in [0.4, 0.5) is 5.82 Å². The quantitative estimate of drug-likeness (QED) is 0.751. The van der Waals surface area contributed by atoms with Crippen LogP contribution in [0.1, 0.15) is 25.0 Å². The second-order valence-corrected chi connectivity index (χ2v) is 6.29. The monoisotopic (exact) mass is 307 g/mol. The Hall–Kier alpha value is -2.62. The molecule has 3 aromatic rings. The minimum atomic E-state index is -0.0732. The number of rotatable bonds is 3. The number of carbonyl (C=O) groups is 1. The molecular weight excluding hydrogens is 286 g/mol. The molecule has 0 aliphatic rings. The van der Waals surface area contributed by atoms with Crippen molar-refractivity contribution in [2.45, 2.75) is 27.7 Å². The summed E-state index contributed by atoms with van der Waals surface area (Å²) in [6.07, 6.45) is 0. The van der Waals surface area contributed by atoms with Crippen LogP contribution >= 0.6 is 0 Å². The van der Waals surface area contributed by atoms with E-state index >= 15 is 0 Å². The number of carbonyl (C=O) groups excluding carboxylic acids is 1. The second kappa shape index (κ2) is 5.88. The molecular formula is C19H21N3O. The predicted octanol–water partition coefficient (Wildman–Crippen LogP) is 4.44. The highest BCUT2D eigenvalue weighted by atomic mass is 16.1. The highest BCUT2D eigenvalue weighted by molar-refractivity contribution is 6.01. The van der Waals surface area contributed by atoms with Crippen LogP contribution in [0.5, 0.6) is 0 Å². The van der Waals surface area contributed by atoms with Crippen molar-refractivity contribution >= 4 is 22.6 Å². The van der Waals surface area contributed by atoms with Crippen molar-refractivity contribution in [3.8, 4) is 11.1 Å². The van der Waals surface area contributed by atoms with Gasteiger partial charge in [0.1, 0.15) is 0 Å². The standard InChI is InChI=1S/C19H21N3O/c1-11(2)19(23)20-18-15-8-7-14(10-17(15)21-22-18)16-9-12(3)5-6-13(16)4/h5-11H,1-4H3,(H2,20,21,22,23). The summed E-state index contributed by atoms with van der Waals surface area (Å²) in [5.74, 6) is 0.485. The average molecular weight is 307 g/mol. The summed E-state index contributed by atoms with van der Waals surface area (Å²) < 4.78 is 0. The molecule has 0 bridgehead atoms. The Labute approximate surface area is 135 Å². The minimum absolute atomic E-state index is 0.0306. The van der Waals surface area contributed by atoms with Crippen LogP contribution < -0.4 is 5.32 Å². The number of aromatic amines is 1. The van der Waals surface area contributed by atoms with Crippen LogP contribution in [0.3, 0.4) is 0 Å². The van der Waals surface area contributed by atoms with E-state index < -0.39 is 0 Å². The fraction of sp³-hybridized carbons (Fsp3) is 0.263. The number of nitrogens with one attached hydrogen (secondary N) is 2.